The predicted molar refractivity (Wildman–Crippen MR) is 132 cm³/mol. The van der Waals surface area contributed by atoms with Crippen LogP contribution in [-0.2, 0) is 27.7 Å². The van der Waals surface area contributed by atoms with Gasteiger partial charge in [-0.15, -0.1) is 0 Å². The van der Waals surface area contributed by atoms with Crippen LogP contribution in [0.4, 0.5) is 5.69 Å². The molecule has 11 heteroatoms. The molecule has 1 fully saturated rings. The molecule has 2 amide bonds. The molecule has 1 aliphatic rings. The number of sulfone groups is 1. The Balaban J connectivity index is 1.55. The number of amides is 2. The summed E-state index contributed by atoms with van der Waals surface area (Å²) in [6, 6.07) is 6.51. The number of hydrogen-bond donors (Lipinski definition) is 3. The average molecular weight is 499 g/mol. The smallest absolute Gasteiger partial charge is 0.255 e. The minimum Gasteiger partial charge on any atom is -0.381 e. The molecule has 0 atom stereocenters. The molecule has 3 aromatic rings. The van der Waals surface area contributed by atoms with Gasteiger partial charge in [-0.25, -0.2) is 18.1 Å². The molecule has 1 saturated carbocycles. The third-order valence-corrected chi connectivity index (χ3v) is 7.62. The molecule has 4 N–H and O–H groups in total. The summed E-state index contributed by atoms with van der Waals surface area (Å²) in [6.07, 6.45) is 7.38. The van der Waals surface area contributed by atoms with Gasteiger partial charge in [0.15, 0.2) is 15.5 Å². The van der Waals surface area contributed by atoms with Gasteiger partial charge in [-0.2, -0.15) is 5.10 Å². The Labute approximate surface area is 204 Å². The van der Waals surface area contributed by atoms with Gasteiger partial charge in [0.05, 0.1) is 27.7 Å². The summed E-state index contributed by atoms with van der Waals surface area (Å²) in [4.78, 5) is 29.4. The van der Waals surface area contributed by atoms with Gasteiger partial charge >= 0.3 is 0 Å². The van der Waals surface area contributed by atoms with Crippen LogP contribution in [0, 0.1) is 5.92 Å². The van der Waals surface area contributed by atoms with Crippen LogP contribution >= 0.6 is 0 Å². The van der Waals surface area contributed by atoms with E-state index in [0.29, 0.717) is 36.3 Å². The van der Waals surface area contributed by atoms with E-state index < -0.39 is 9.84 Å². The first kappa shape index (κ1) is 24.6. The van der Waals surface area contributed by atoms with Crippen molar-refractivity contribution < 1.29 is 18.0 Å². The lowest BCUT2D eigenvalue weighted by atomic mass is 9.85. The molecule has 0 spiro atoms. The first-order valence-corrected chi connectivity index (χ1v) is 13.5. The van der Waals surface area contributed by atoms with E-state index in [1.165, 1.54) is 12.1 Å². The standard InChI is InChI=1S/C24H30N6O4S/c1-3-30-23-19(14-28-30)21(29-17-8-6-16(7-9-17)22(25)31)20(13-26-23)24(32)27-12-15-4-10-18(11-5-15)35(2,33)34/h4-5,10-11,13-14,16-17H,3,6-9,12H2,1-2H3,(H2,25,31)(H,26,29)(H,27,32). The molecule has 0 unspecified atom stereocenters. The predicted octanol–water partition coefficient (Wildman–Crippen LogP) is 2.24. The van der Waals surface area contributed by atoms with Gasteiger partial charge in [0.2, 0.25) is 5.91 Å². The van der Waals surface area contributed by atoms with Crippen molar-refractivity contribution in [2.75, 3.05) is 11.6 Å². The van der Waals surface area contributed by atoms with E-state index in [0.717, 1.165) is 30.0 Å². The summed E-state index contributed by atoms with van der Waals surface area (Å²) in [7, 11) is -3.28. The van der Waals surface area contributed by atoms with Crippen LogP contribution in [0.3, 0.4) is 0 Å². The highest BCUT2D eigenvalue weighted by Gasteiger charge is 2.27. The molecule has 1 aliphatic carbocycles. The Morgan fingerprint density at radius 1 is 1.11 bits per heavy atom. The Morgan fingerprint density at radius 3 is 2.40 bits per heavy atom. The van der Waals surface area contributed by atoms with Crippen molar-refractivity contribution in [3.05, 3.63) is 47.8 Å². The van der Waals surface area contributed by atoms with Crippen molar-refractivity contribution in [3.8, 4) is 0 Å². The molecule has 0 saturated heterocycles. The van der Waals surface area contributed by atoms with E-state index in [2.05, 4.69) is 20.7 Å². The van der Waals surface area contributed by atoms with E-state index >= 15 is 0 Å². The molecular formula is C24H30N6O4S. The molecule has 35 heavy (non-hydrogen) atoms. The van der Waals surface area contributed by atoms with Crippen LogP contribution < -0.4 is 16.4 Å². The quantitative estimate of drug-likeness (QED) is 0.431. The molecule has 0 aliphatic heterocycles. The zero-order chi connectivity index (χ0) is 25.2. The highest BCUT2D eigenvalue weighted by Crippen LogP contribution is 2.31. The van der Waals surface area contributed by atoms with Crippen LogP contribution in [0.2, 0.25) is 0 Å². The van der Waals surface area contributed by atoms with E-state index in [1.54, 1.807) is 29.2 Å². The lowest BCUT2D eigenvalue weighted by Crippen LogP contribution is -2.33. The van der Waals surface area contributed by atoms with E-state index in [1.807, 2.05) is 6.92 Å². The zero-order valence-corrected chi connectivity index (χ0v) is 20.6. The Morgan fingerprint density at radius 2 is 1.80 bits per heavy atom. The molecule has 10 nitrogen and oxygen atoms in total. The van der Waals surface area contributed by atoms with Crippen LogP contribution in [-0.4, -0.2) is 47.3 Å². The largest absolute Gasteiger partial charge is 0.381 e. The first-order chi connectivity index (χ1) is 16.7. The lowest BCUT2D eigenvalue weighted by molar-refractivity contribution is -0.122. The number of carbonyl (C=O) groups is 2. The topological polar surface area (TPSA) is 149 Å². The van der Waals surface area contributed by atoms with Crippen molar-refractivity contribution in [2.24, 2.45) is 11.7 Å². The summed E-state index contributed by atoms with van der Waals surface area (Å²) in [6.45, 7) is 2.86. The highest BCUT2D eigenvalue weighted by molar-refractivity contribution is 7.90. The first-order valence-electron chi connectivity index (χ1n) is 11.6. The third-order valence-electron chi connectivity index (χ3n) is 6.49. The second-order valence-electron chi connectivity index (χ2n) is 8.94. The van der Waals surface area contributed by atoms with Crippen LogP contribution in [0.25, 0.3) is 11.0 Å². The zero-order valence-electron chi connectivity index (χ0n) is 19.8. The van der Waals surface area contributed by atoms with Crippen LogP contribution in [0.5, 0.6) is 0 Å². The molecule has 1 aromatic carbocycles. The van der Waals surface area contributed by atoms with Crippen LogP contribution in [0.15, 0.2) is 41.6 Å². The summed E-state index contributed by atoms with van der Waals surface area (Å²) in [5.74, 6) is -0.669. The van der Waals surface area contributed by atoms with Crippen molar-refractivity contribution in [1.82, 2.24) is 20.1 Å². The average Bonchev–Trinajstić information content (AvgIpc) is 3.26. The molecular weight excluding hydrogens is 468 g/mol. The number of nitrogens with two attached hydrogens (primary N) is 1. The number of anilines is 1. The summed E-state index contributed by atoms with van der Waals surface area (Å²) >= 11 is 0. The van der Waals surface area contributed by atoms with E-state index in [4.69, 9.17) is 5.73 Å². The lowest BCUT2D eigenvalue weighted by Gasteiger charge is -2.29. The van der Waals surface area contributed by atoms with Gasteiger partial charge in [0.1, 0.15) is 0 Å². The number of carbonyl (C=O) groups excluding carboxylic acids is 2. The number of benzene rings is 1. The molecule has 0 radical (unpaired) electrons. The molecule has 0 bridgehead atoms. The summed E-state index contributed by atoms with van der Waals surface area (Å²) in [5, 5.41) is 11.6. The number of primary amides is 1. The Hall–Kier alpha value is -3.47. The number of aryl methyl sites for hydroxylation is 1. The Kier molecular flexibility index (Phi) is 7.06. The SMILES string of the molecule is CCn1ncc2c(NC3CCC(C(N)=O)CC3)c(C(=O)NCc3ccc(S(C)(=O)=O)cc3)cnc21. The molecule has 186 valence electrons. The van der Waals surface area contributed by atoms with Crippen molar-refractivity contribution in [3.63, 3.8) is 0 Å². The number of aromatic nitrogens is 3. The number of fused-ring (bicyclic) bond motifs is 1. The number of rotatable bonds is 8. The van der Waals surface area contributed by atoms with Crippen LogP contribution in [0.1, 0.15) is 48.5 Å². The fraction of sp³-hybridized carbons (Fsp3) is 0.417. The maximum absolute atomic E-state index is 13.2. The normalized spacial score (nSPS) is 18.3. The second kappa shape index (κ2) is 10.0. The monoisotopic (exact) mass is 498 g/mol. The maximum atomic E-state index is 13.2. The number of nitrogens with zero attached hydrogens (tertiary/aromatic N) is 3. The maximum Gasteiger partial charge on any atom is 0.255 e. The summed E-state index contributed by atoms with van der Waals surface area (Å²) in [5.41, 5.74) is 8.00. The van der Waals surface area contributed by atoms with Gasteiger partial charge < -0.3 is 16.4 Å². The number of hydrogen-bond acceptors (Lipinski definition) is 7. The van der Waals surface area contributed by atoms with Gasteiger partial charge in [-0.1, -0.05) is 12.1 Å². The van der Waals surface area contributed by atoms with Gasteiger partial charge in [0, 0.05) is 37.5 Å². The third kappa shape index (κ3) is 5.45. The number of nitrogens with one attached hydrogen (secondary N) is 2. The van der Waals surface area contributed by atoms with Crippen molar-refractivity contribution in [2.45, 2.75) is 56.6 Å². The molecule has 2 aromatic heterocycles. The Bertz CT molecular complexity index is 1340. The fourth-order valence-electron chi connectivity index (χ4n) is 4.44. The van der Waals surface area contributed by atoms with E-state index in [9.17, 15) is 18.0 Å². The van der Waals surface area contributed by atoms with Crippen molar-refractivity contribution >= 4 is 38.4 Å². The van der Waals surface area contributed by atoms with Gasteiger partial charge in [-0.05, 0) is 50.3 Å². The second-order valence-corrected chi connectivity index (χ2v) is 11.0. The molecule has 4 rings (SSSR count). The fourth-order valence-corrected chi connectivity index (χ4v) is 5.07. The molecule has 2 heterocycles. The van der Waals surface area contributed by atoms with Crippen molar-refractivity contribution in [1.29, 1.82) is 0 Å². The summed E-state index contributed by atoms with van der Waals surface area (Å²) < 4.78 is 25.1. The highest BCUT2D eigenvalue weighted by atomic mass is 32.2. The van der Waals surface area contributed by atoms with Gasteiger partial charge in [-0.3, -0.25) is 9.59 Å². The van der Waals surface area contributed by atoms with Gasteiger partial charge in [0.25, 0.3) is 5.91 Å². The number of pyridine rings is 1. The minimum absolute atomic E-state index is 0.0938. The van der Waals surface area contributed by atoms with E-state index in [-0.39, 0.29) is 35.2 Å². The minimum atomic E-state index is -3.28.